The molecule has 1 unspecified atom stereocenters. The molecular weight excluding hydrogens is 430 g/mol. The predicted octanol–water partition coefficient (Wildman–Crippen LogP) is 4.24. The van der Waals surface area contributed by atoms with Crippen molar-refractivity contribution in [2.75, 3.05) is 24.5 Å². The summed E-state index contributed by atoms with van der Waals surface area (Å²) in [6.45, 7) is 6.66. The Morgan fingerprint density at radius 2 is 2.03 bits per heavy atom. The lowest BCUT2D eigenvalue weighted by Crippen LogP contribution is -2.63. The SMILES string of the molecule is Cc1cc2c(N3CCN(C(=O)NC(C)c4cccc(OC(F)F)c4)C(C)(C)C3)ncnc2[nH]1. The van der Waals surface area contributed by atoms with Crippen molar-refractivity contribution in [3.8, 4) is 5.75 Å². The van der Waals surface area contributed by atoms with Crippen LogP contribution in [0.2, 0.25) is 0 Å². The van der Waals surface area contributed by atoms with Gasteiger partial charge >= 0.3 is 12.6 Å². The number of urea groups is 1. The van der Waals surface area contributed by atoms with Gasteiger partial charge in [0, 0.05) is 25.3 Å². The van der Waals surface area contributed by atoms with Crippen LogP contribution < -0.4 is 15.0 Å². The van der Waals surface area contributed by atoms with E-state index in [2.05, 4.69) is 29.9 Å². The summed E-state index contributed by atoms with van der Waals surface area (Å²) < 4.78 is 29.5. The van der Waals surface area contributed by atoms with Crippen molar-refractivity contribution in [2.45, 2.75) is 45.9 Å². The zero-order valence-electron chi connectivity index (χ0n) is 19.1. The number of carbonyl (C=O) groups excluding carboxylic acids is 1. The zero-order chi connectivity index (χ0) is 23.8. The third-order valence-electron chi connectivity index (χ3n) is 5.91. The standard InChI is InChI=1S/C23H28F2N6O2/c1-14-10-18-19(28-14)26-13-27-20(18)30-8-9-31(23(3,4)12-30)22(32)29-15(2)16-6-5-7-17(11-16)33-21(24)25/h5-7,10-11,13,15,21H,8-9,12H2,1-4H3,(H,29,32)(H,26,27,28). The first-order chi connectivity index (χ1) is 15.6. The lowest BCUT2D eigenvalue weighted by atomic mass is 9.99. The van der Waals surface area contributed by atoms with Crippen LogP contribution in [-0.4, -0.2) is 57.7 Å². The molecule has 3 heterocycles. The number of fused-ring (bicyclic) bond motifs is 1. The maximum absolute atomic E-state index is 13.1. The minimum atomic E-state index is -2.89. The summed E-state index contributed by atoms with van der Waals surface area (Å²) in [6, 6.07) is 7.82. The Balaban J connectivity index is 1.45. The fourth-order valence-corrected chi connectivity index (χ4v) is 4.33. The number of amides is 2. The van der Waals surface area contributed by atoms with Crippen LogP contribution in [0, 0.1) is 6.92 Å². The van der Waals surface area contributed by atoms with E-state index in [1.807, 2.05) is 33.8 Å². The van der Waals surface area contributed by atoms with Crippen molar-refractivity contribution in [2.24, 2.45) is 0 Å². The number of aromatic nitrogens is 3. The summed E-state index contributed by atoms with van der Waals surface area (Å²) in [7, 11) is 0. The highest BCUT2D eigenvalue weighted by atomic mass is 19.3. The Hall–Kier alpha value is -3.43. The van der Waals surface area contributed by atoms with E-state index in [0.29, 0.717) is 25.2 Å². The number of aromatic amines is 1. The second-order valence-corrected chi connectivity index (χ2v) is 8.92. The monoisotopic (exact) mass is 458 g/mol. The summed E-state index contributed by atoms with van der Waals surface area (Å²) in [6.07, 6.45) is 1.55. The molecule has 1 fully saturated rings. The molecule has 2 aromatic heterocycles. The van der Waals surface area contributed by atoms with E-state index >= 15 is 0 Å². The summed E-state index contributed by atoms with van der Waals surface area (Å²) in [5.74, 6) is 0.912. The van der Waals surface area contributed by atoms with Gasteiger partial charge in [-0.05, 0) is 51.5 Å². The van der Waals surface area contributed by atoms with Gasteiger partial charge in [-0.2, -0.15) is 8.78 Å². The van der Waals surface area contributed by atoms with E-state index in [0.717, 1.165) is 22.5 Å². The maximum Gasteiger partial charge on any atom is 0.387 e. The number of alkyl halides is 2. The molecule has 2 N–H and O–H groups in total. The third kappa shape index (κ3) is 4.84. The van der Waals surface area contributed by atoms with Crippen LogP contribution in [0.4, 0.5) is 19.4 Å². The van der Waals surface area contributed by atoms with Gasteiger partial charge in [0.2, 0.25) is 0 Å². The van der Waals surface area contributed by atoms with Crippen molar-refractivity contribution in [3.63, 3.8) is 0 Å². The number of anilines is 1. The molecule has 10 heteroatoms. The summed E-state index contributed by atoms with van der Waals surface area (Å²) in [4.78, 5) is 29.2. The Morgan fingerprint density at radius 3 is 2.76 bits per heavy atom. The van der Waals surface area contributed by atoms with E-state index in [1.165, 1.54) is 12.1 Å². The van der Waals surface area contributed by atoms with Crippen molar-refractivity contribution < 1.29 is 18.3 Å². The van der Waals surface area contributed by atoms with Crippen molar-refractivity contribution >= 4 is 22.9 Å². The molecule has 4 rings (SSSR count). The van der Waals surface area contributed by atoms with E-state index in [9.17, 15) is 13.6 Å². The summed E-state index contributed by atoms with van der Waals surface area (Å²) >= 11 is 0. The normalized spacial score (nSPS) is 16.8. The predicted molar refractivity (Wildman–Crippen MR) is 122 cm³/mol. The number of benzene rings is 1. The second kappa shape index (κ2) is 8.84. The number of aryl methyl sites for hydroxylation is 1. The number of rotatable bonds is 5. The Bertz CT molecular complexity index is 1150. The largest absolute Gasteiger partial charge is 0.435 e. The average Bonchev–Trinajstić information content (AvgIpc) is 3.12. The Kier molecular flexibility index (Phi) is 6.09. The smallest absolute Gasteiger partial charge is 0.387 e. The van der Waals surface area contributed by atoms with Gasteiger partial charge in [0.25, 0.3) is 0 Å². The molecule has 0 aliphatic carbocycles. The van der Waals surface area contributed by atoms with Gasteiger partial charge in [-0.15, -0.1) is 0 Å². The third-order valence-corrected chi connectivity index (χ3v) is 5.91. The average molecular weight is 459 g/mol. The number of ether oxygens (including phenoxy) is 1. The lowest BCUT2D eigenvalue weighted by molar-refractivity contribution is -0.0499. The van der Waals surface area contributed by atoms with Gasteiger partial charge in [0.05, 0.1) is 17.0 Å². The number of nitrogens with zero attached hydrogens (tertiary/aromatic N) is 4. The van der Waals surface area contributed by atoms with E-state index < -0.39 is 12.2 Å². The fraction of sp³-hybridized carbons (Fsp3) is 0.435. The van der Waals surface area contributed by atoms with Gasteiger partial charge in [0.1, 0.15) is 23.5 Å². The van der Waals surface area contributed by atoms with Crippen molar-refractivity contribution in [1.82, 2.24) is 25.2 Å². The molecule has 1 saturated heterocycles. The second-order valence-electron chi connectivity index (χ2n) is 8.92. The lowest BCUT2D eigenvalue weighted by Gasteiger charge is -2.47. The molecule has 33 heavy (non-hydrogen) atoms. The summed E-state index contributed by atoms with van der Waals surface area (Å²) in [5, 5.41) is 3.95. The minimum absolute atomic E-state index is 0.0636. The molecule has 176 valence electrons. The van der Waals surface area contributed by atoms with Gasteiger partial charge < -0.3 is 24.8 Å². The molecule has 0 saturated carbocycles. The Labute approximate surface area is 191 Å². The Morgan fingerprint density at radius 1 is 1.24 bits per heavy atom. The number of hydrogen-bond donors (Lipinski definition) is 2. The van der Waals surface area contributed by atoms with E-state index in [-0.39, 0.29) is 17.8 Å². The molecule has 0 radical (unpaired) electrons. The van der Waals surface area contributed by atoms with Crippen LogP contribution in [0.25, 0.3) is 11.0 Å². The van der Waals surface area contributed by atoms with Crippen LogP contribution in [0.3, 0.4) is 0 Å². The summed E-state index contributed by atoms with van der Waals surface area (Å²) in [5.41, 5.74) is 2.03. The van der Waals surface area contributed by atoms with Crippen LogP contribution in [0.1, 0.15) is 38.1 Å². The van der Waals surface area contributed by atoms with Crippen LogP contribution in [0.5, 0.6) is 5.75 Å². The van der Waals surface area contributed by atoms with Gasteiger partial charge in [-0.3, -0.25) is 0 Å². The first-order valence-electron chi connectivity index (χ1n) is 10.8. The molecule has 0 bridgehead atoms. The van der Waals surface area contributed by atoms with Gasteiger partial charge in [-0.1, -0.05) is 12.1 Å². The highest BCUT2D eigenvalue weighted by Crippen LogP contribution is 2.30. The fourth-order valence-electron chi connectivity index (χ4n) is 4.33. The highest BCUT2D eigenvalue weighted by molar-refractivity contribution is 5.88. The van der Waals surface area contributed by atoms with E-state index in [1.54, 1.807) is 23.4 Å². The molecule has 1 aliphatic heterocycles. The van der Waals surface area contributed by atoms with Crippen LogP contribution in [0.15, 0.2) is 36.7 Å². The molecule has 2 amide bonds. The molecule has 1 aromatic carbocycles. The number of hydrogen-bond acceptors (Lipinski definition) is 5. The first kappa shape index (κ1) is 22.8. The number of carbonyl (C=O) groups is 1. The molecule has 1 atom stereocenters. The first-order valence-corrected chi connectivity index (χ1v) is 10.8. The molecule has 1 aliphatic rings. The molecule has 3 aromatic rings. The highest BCUT2D eigenvalue weighted by Gasteiger charge is 2.38. The van der Waals surface area contributed by atoms with Gasteiger partial charge in [-0.25, -0.2) is 14.8 Å². The quantitative estimate of drug-likeness (QED) is 0.597. The molecule has 8 nitrogen and oxygen atoms in total. The number of halogens is 2. The van der Waals surface area contributed by atoms with Crippen LogP contribution in [-0.2, 0) is 0 Å². The van der Waals surface area contributed by atoms with Crippen molar-refractivity contribution in [1.29, 1.82) is 0 Å². The van der Waals surface area contributed by atoms with E-state index in [4.69, 9.17) is 0 Å². The molecular formula is C23H28F2N6O2. The number of piperazine rings is 1. The van der Waals surface area contributed by atoms with Crippen LogP contribution >= 0.6 is 0 Å². The molecule has 0 spiro atoms. The maximum atomic E-state index is 13.1. The van der Waals surface area contributed by atoms with Gasteiger partial charge in [0.15, 0.2) is 0 Å². The number of H-pyrrole nitrogens is 1. The minimum Gasteiger partial charge on any atom is -0.435 e. The van der Waals surface area contributed by atoms with Crippen molar-refractivity contribution in [3.05, 3.63) is 47.9 Å². The zero-order valence-corrected chi connectivity index (χ0v) is 19.1. The topological polar surface area (TPSA) is 86.4 Å². The number of nitrogens with one attached hydrogen (secondary N) is 2.